The van der Waals surface area contributed by atoms with Gasteiger partial charge in [-0.25, -0.2) is 9.59 Å². The summed E-state index contributed by atoms with van der Waals surface area (Å²) in [7, 11) is 0. The van der Waals surface area contributed by atoms with Crippen LogP contribution in [0.2, 0.25) is 0 Å². The average molecular weight is 326 g/mol. The van der Waals surface area contributed by atoms with Crippen molar-refractivity contribution in [2.24, 2.45) is 5.92 Å². The molecule has 0 aliphatic rings. The van der Waals surface area contributed by atoms with Crippen LogP contribution in [0.5, 0.6) is 0 Å². The largest absolute Gasteiger partial charge is 0.478 e. The fourth-order valence-corrected chi connectivity index (χ4v) is 2.43. The van der Waals surface area contributed by atoms with E-state index in [0.717, 1.165) is 30.9 Å². The Labute approximate surface area is 141 Å². The summed E-state index contributed by atoms with van der Waals surface area (Å²) < 4.78 is 4.90. The summed E-state index contributed by atoms with van der Waals surface area (Å²) in [5.41, 5.74) is 0. The Hall–Kier alpha value is -1.32. The highest BCUT2D eigenvalue weighted by Crippen LogP contribution is 2.13. The zero-order valence-corrected chi connectivity index (χ0v) is 14.9. The van der Waals surface area contributed by atoms with Gasteiger partial charge in [-0.2, -0.15) is 0 Å². The molecule has 23 heavy (non-hydrogen) atoms. The molecular weight excluding hydrogens is 292 g/mol. The maximum Gasteiger partial charge on any atom is 0.331 e. The molecular formula is C19H34O4. The molecule has 0 spiro atoms. The monoisotopic (exact) mass is 326 g/mol. The Morgan fingerprint density at radius 2 is 1.30 bits per heavy atom. The molecule has 0 amide bonds. The van der Waals surface area contributed by atoms with Crippen LogP contribution in [0.15, 0.2) is 12.2 Å². The quantitative estimate of drug-likeness (QED) is 0.258. The van der Waals surface area contributed by atoms with Crippen LogP contribution >= 0.6 is 0 Å². The van der Waals surface area contributed by atoms with E-state index < -0.39 is 11.9 Å². The number of unbranched alkanes of at least 4 members (excludes halogenated alkanes) is 9. The van der Waals surface area contributed by atoms with Crippen molar-refractivity contribution in [3.8, 4) is 0 Å². The molecule has 0 bridgehead atoms. The first-order valence-electron chi connectivity index (χ1n) is 9.10. The molecule has 0 aromatic rings. The lowest BCUT2D eigenvalue weighted by molar-refractivity contribution is -0.138. The van der Waals surface area contributed by atoms with Gasteiger partial charge < -0.3 is 9.84 Å². The molecule has 0 heterocycles. The molecule has 0 fully saturated rings. The first-order chi connectivity index (χ1) is 11.0. The van der Waals surface area contributed by atoms with Crippen molar-refractivity contribution < 1.29 is 19.4 Å². The van der Waals surface area contributed by atoms with Crippen LogP contribution in [-0.2, 0) is 14.3 Å². The lowest BCUT2D eigenvalue weighted by Gasteiger charge is -2.05. The average Bonchev–Trinajstić information content (AvgIpc) is 2.49. The molecule has 0 saturated carbocycles. The molecule has 0 saturated heterocycles. The minimum Gasteiger partial charge on any atom is -0.478 e. The molecule has 0 unspecified atom stereocenters. The van der Waals surface area contributed by atoms with Gasteiger partial charge in [-0.05, 0) is 12.3 Å². The lowest BCUT2D eigenvalue weighted by Crippen LogP contribution is -2.03. The van der Waals surface area contributed by atoms with Gasteiger partial charge in [0.15, 0.2) is 0 Å². The first kappa shape index (κ1) is 21.7. The van der Waals surface area contributed by atoms with E-state index >= 15 is 0 Å². The van der Waals surface area contributed by atoms with Gasteiger partial charge in [0.05, 0.1) is 6.61 Å². The molecule has 0 aliphatic heterocycles. The SMILES string of the molecule is CC(C)CCCCCCCCCCCCOC(=O)/C=C\C(=O)O. The fourth-order valence-electron chi connectivity index (χ4n) is 2.43. The van der Waals surface area contributed by atoms with Crippen LogP contribution in [-0.4, -0.2) is 23.7 Å². The van der Waals surface area contributed by atoms with Crippen LogP contribution < -0.4 is 0 Å². The Balaban J connectivity index is 3.19. The molecule has 0 aromatic heterocycles. The van der Waals surface area contributed by atoms with E-state index in [1.54, 1.807) is 0 Å². The summed E-state index contributed by atoms with van der Waals surface area (Å²) in [6.07, 6.45) is 15.5. The van der Waals surface area contributed by atoms with E-state index in [-0.39, 0.29) is 0 Å². The molecule has 1 N–H and O–H groups in total. The van der Waals surface area contributed by atoms with Gasteiger partial charge in [0, 0.05) is 12.2 Å². The Morgan fingerprint density at radius 3 is 1.78 bits per heavy atom. The zero-order valence-electron chi connectivity index (χ0n) is 14.9. The Morgan fingerprint density at radius 1 is 0.826 bits per heavy atom. The lowest BCUT2D eigenvalue weighted by atomic mass is 10.0. The van der Waals surface area contributed by atoms with Crippen molar-refractivity contribution in [3.63, 3.8) is 0 Å². The number of carbonyl (C=O) groups excluding carboxylic acids is 1. The van der Waals surface area contributed by atoms with Crippen molar-refractivity contribution in [1.82, 2.24) is 0 Å². The molecule has 0 atom stereocenters. The van der Waals surface area contributed by atoms with Gasteiger partial charge in [-0.3, -0.25) is 0 Å². The molecule has 4 nitrogen and oxygen atoms in total. The van der Waals surface area contributed by atoms with Crippen LogP contribution in [0.25, 0.3) is 0 Å². The van der Waals surface area contributed by atoms with Gasteiger partial charge in [0.1, 0.15) is 0 Å². The highest BCUT2D eigenvalue weighted by molar-refractivity contribution is 5.90. The zero-order chi connectivity index (χ0) is 17.3. The van der Waals surface area contributed by atoms with Crippen molar-refractivity contribution >= 4 is 11.9 Å². The summed E-state index contributed by atoms with van der Waals surface area (Å²) in [6.45, 7) is 4.94. The number of aliphatic carboxylic acids is 1. The third kappa shape index (κ3) is 18.6. The second kappa shape index (κ2) is 15.6. The second-order valence-corrected chi connectivity index (χ2v) is 6.56. The van der Waals surface area contributed by atoms with Crippen LogP contribution in [0.1, 0.15) is 84.5 Å². The third-order valence-electron chi connectivity index (χ3n) is 3.78. The van der Waals surface area contributed by atoms with Crippen molar-refractivity contribution in [2.45, 2.75) is 84.5 Å². The number of hydrogen-bond donors (Lipinski definition) is 1. The minimum absolute atomic E-state index is 0.374. The van der Waals surface area contributed by atoms with Crippen LogP contribution in [0, 0.1) is 5.92 Å². The Bertz CT molecular complexity index is 334. The summed E-state index contributed by atoms with van der Waals surface area (Å²) in [5.74, 6) is -0.880. The van der Waals surface area contributed by atoms with Crippen molar-refractivity contribution in [1.29, 1.82) is 0 Å². The molecule has 4 heteroatoms. The highest BCUT2D eigenvalue weighted by atomic mass is 16.5. The van der Waals surface area contributed by atoms with Gasteiger partial charge >= 0.3 is 11.9 Å². The van der Waals surface area contributed by atoms with E-state index in [0.29, 0.717) is 6.61 Å². The van der Waals surface area contributed by atoms with E-state index in [9.17, 15) is 9.59 Å². The summed E-state index contributed by atoms with van der Waals surface area (Å²) in [5, 5.41) is 8.36. The smallest absolute Gasteiger partial charge is 0.331 e. The summed E-state index contributed by atoms with van der Waals surface area (Å²) in [4.78, 5) is 21.3. The number of hydrogen-bond acceptors (Lipinski definition) is 3. The summed E-state index contributed by atoms with van der Waals surface area (Å²) in [6, 6.07) is 0. The van der Waals surface area contributed by atoms with E-state index in [4.69, 9.17) is 9.84 Å². The summed E-state index contributed by atoms with van der Waals surface area (Å²) >= 11 is 0. The van der Waals surface area contributed by atoms with Crippen LogP contribution in [0.3, 0.4) is 0 Å². The number of carboxylic acid groups (broad SMARTS) is 1. The standard InChI is InChI=1S/C19H34O4/c1-17(2)13-11-9-7-5-3-4-6-8-10-12-16-23-19(22)15-14-18(20)21/h14-15,17H,3-13,16H2,1-2H3,(H,20,21)/b15-14-. The van der Waals surface area contributed by atoms with Gasteiger partial charge in [-0.15, -0.1) is 0 Å². The molecule has 134 valence electrons. The predicted octanol–water partition coefficient (Wildman–Crippen LogP) is 5.12. The highest BCUT2D eigenvalue weighted by Gasteiger charge is 1.99. The number of esters is 1. The number of carboxylic acids is 1. The molecule has 0 aliphatic carbocycles. The van der Waals surface area contributed by atoms with Gasteiger partial charge in [0.25, 0.3) is 0 Å². The van der Waals surface area contributed by atoms with Crippen LogP contribution in [0.4, 0.5) is 0 Å². The van der Waals surface area contributed by atoms with Gasteiger partial charge in [-0.1, -0.05) is 78.1 Å². The third-order valence-corrected chi connectivity index (χ3v) is 3.78. The number of rotatable bonds is 15. The molecule has 0 rings (SSSR count). The maximum atomic E-state index is 11.1. The first-order valence-corrected chi connectivity index (χ1v) is 9.10. The maximum absolute atomic E-state index is 11.1. The molecule has 0 aromatic carbocycles. The predicted molar refractivity (Wildman–Crippen MR) is 93.4 cm³/mol. The van der Waals surface area contributed by atoms with Crippen molar-refractivity contribution in [2.75, 3.05) is 6.61 Å². The topological polar surface area (TPSA) is 63.6 Å². The molecule has 0 radical (unpaired) electrons. The van der Waals surface area contributed by atoms with Crippen molar-refractivity contribution in [3.05, 3.63) is 12.2 Å². The Kier molecular flexibility index (Phi) is 14.7. The van der Waals surface area contributed by atoms with E-state index in [1.807, 2.05) is 0 Å². The van der Waals surface area contributed by atoms with E-state index in [1.165, 1.54) is 57.8 Å². The minimum atomic E-state index is -1.14. The van der Waals surface area contributed by atoms with E-state index in [2.05, 4.69) is 13.8 Å². The number of ether oxygens (including phenoxy) is 1. The fraction of sp³-hybridized carbons (Fsp3) is 0.789. The normalized spacial score (nSPS) is 11.3. The second-order valence-electron chi connectivity index (χ2n) is 6.56. The number of carbonyl (C=O) groups is 2. The van der Waals surface area contributed by atoms with Gasteiger partial charge in [0.2, 0.25) is 0 Å².